The third-order valence-corrected chi connectivity index (χ3v) is 3.27. The minimum atomic E-state index is 0.233. The van der Waals surface area contributed by atoms with E-state index in [1.807, 2.05) is 6.07 Å². The Morgan fingerprint density at radius 2 is 2.00 bits per heavy atom. The molecule has 0 bridgehead atoms. The van der Waals surface area contributed by atoms with Gasteiger partial charge in [-0.3, -0.25) is 0 Å². The number of nitrogens with one attached hydrogen (secondary N) is 1. The van der Waals surface area contributed by atoms with Gasteiger partial charge in [0.25, 0.3) is 0 Å². The summed E-state index contributed by atoms with van der Waals surface area (Å²) in [5, 5.41) is 3.67. The molecule has 2 atom stereocenters. The molecular formula is C15H23NO. The van der Waals surface area contributed by atoms with Crippen molar-refractivity contribution in [3.8, 4) is 5.75 Å². The maximum Gasteiger partial charge on any atom is 0.124 e. The number of benzene rings is 1. The molecule has 0 spiro atoms. The highest BCUT2D eigenvalue weighted by Crippen LogP contribution is 2.32. The smallest absolute Gasteiger partial charge is 0.124 e. The average Bonchev–Trinajstić information content (AvgIpc) is 2.29. The van der Waals surface area contributed by atoms with E-state index >= 15 is 0 Å². The molecule has 94 valence electrons. The summed E-state index contributed by atoms with van der Waals surface area (Å²) in [7, 11) is 0. The Morgan fingerprint density at radius 3 is 2.71 bits per heavy atom. The van der Waals surface area contributed by atoms with Crippen molar-refractivity contribution in [2.75, 3.05) is 0 Å². The van der Waals surface area contributed by atoms with Gasteiger partial charge in [0.1, 0.15) is 5.75 Å². The van der Waals surface area contributed by atoms with Crippen LogP contribution in [0.1, 0.15) is 51.6 Å². The van der Waals surface area contributed by atoms with Crippen molar-refractivity contribution < 1.29 is 4.74 Å². The summed E-state index contributed by atoms with van der Waals surface area (Å²) in [6, 6.07) is 9.48. The van der Waals surface area contributed by atoms with Crippen LogP contribution in [0.3, 0.4) is 0 Å². The highest BCUT2D eigenvalue weighted by Gasteiger charge is 2.22. The van der Waals surface area contributed by atoms with Gasteiger partial charge < -0.3 is 10.1 Å². The molecule has 0 aliphatic carbocycles. The first kappa shape index (κ1) is 12.4. The lowest BCUT2D eigenvalue weighted by Gasteiger charge is -2.30. The molecule has 2 rings (SSSR count). The molecule has 0 saturated carbocycles. The van der Waals surface area contributed by atoms with Crippen molar-refractivity contribution in [3.63, 3.8) is 0 Å². The number of rotatable bonds is 3. The number of ether oxygens (including phenoxy) is 1. The lowest BCUT2D eigenvalue weighted by Crippen LogP contribution is -2.34. The van der Waals surface area contributed by atoms with E-state index < -0.39 is 0 Å². The van der Waals surface area contributed by atoms with E-state index in [9.17, 15) is 0 Å². The van der Waals surface area contributed by atoms with Gasteiger partial charge in [-0.25, -0.2) is 0 Å². The Labute approximate surface area is 104 Å². The Hall–Kier alpha value is -1.02. The van der Waals surface area contributed by atoms with Gasteiger partial charge in [-0.2, -0.15) is 0 Å². The first-order chi connectivity index (χ1) is 8.16. The maximum absolute atomic E-state index is 5.89. The molecule has 1 aliphatic rings. The predicted molar refractivity (Wildman–Crippen MR) is 71.4 cm³/mol. The van der Waals surface area contributed by atoms with Crippen LogP contribution in [-0.4, -0.2) is 12.1 Å². The summed E-state index contributed by atoms with van der Waals surface area (Å²) in [6.45, 7) is 6.42. The fraction of sp³-hybridized carbons (Fsp3) is 0.600. The number of piperidine rings is 1. The quantitative estimate of drug-likeness (QED) is 0.860. The largest absolute Gasteiger partial charge is 0.491 e. The molecule has 1 saturated heterocycles. The zero-order valence-electron chi connectivity index (χ0n) is 11.1. The van der Waals surface area contributed by atoms with Crippen molar-refractivity contribution in [3.05, 3.63) is 29.8 Å². The Bertz CT molecular complexity index is 362. The van der Waals surface area contributed by atoms with Gasteiger partial charge in [0.05, 0.1) is 6.10 Å². The van der Waals surface area contributed by atoms with Crippen LogP contribution in [0.25, 0.3) is 0 Å². The number of hydrogen-bond acceptors (Lipinski definition) is 2. The molecule has 1 fully saturated rings. The van der Waals surface area contributed by atoms with Gasteiger partial charge >= 0.3 is 0 Å². The number of para-hydroxylation sites is 1. The molecule has 2 unspecified atom stereocenters. The lowest BCUT2D eigenvalue weighted by molar-refractivity contribution is 0.233. The molecule has 2 heteroatoms. The zero-order chi connectivity index (χ0) is 12.3. The van der Waals surface area contributed by atoms with E-state index in [1.165, 1.54) is 24.8 Å². The lowest BCUT2D eigenvalue weighted by atomic mass is 9.93. The Morgan fingerprint density at radius 1 is 1.24 bits per heavy atom. The molecule has 1 aromatic carbocycles. The SMILES string of the molecule is CC1CCCC(c2ccccc2OC(C)C)N1. The van der Waals surface area contributed by atoms with E-state index in [1.54, 1.807) is 0 Å². The first-order valence-corrected chi connectivity index (χ1v) is 6.68. The molecule has 1 aromatic rings. The molecular weight excluding hydrogens is 210 g/mol. The minimum absolute atomic E-state index is 0.233. The number of hydrogen-bond donors (Lipinski definition) is 1. The van der Waals surface area contributed by atoms with Crippen molar-refractivity contribution in [2.45, 2.75) is 58.2 Å². The summed E-state index contributed by atoms with van der Waals surface area (Å²) in [6.07, 6.45) is 4.03. The molecule has 1 heterocycles. The van der Waals surface area contributed by atoms with Gasteiger partial charge in [-0.1, -0.05) is 24.6 Å². The van der Waals surface area contributed by atoms with Gasteiger partial charge in [0, 0.05) is 17.6 Å². The van der Waals surface area contributed by atoms with Crippen LogP contribution >= 0.6 is 0 Å². The fourth-order valence-electron chi connectivity index (χ4n) is 2.51. The predicted octanol–water partition coefficient (Wildman–Crippen LogP) is 3.68. The van der Waals surface area contributed by atoms with Crippen LogP contribution in [0.5, 0.6) is 5.75 Å². The fourth-order valence-corrected chi connectivity index (χ4v) is 2.51. The van der Waals surface area contributed by atoms with Crippen molar-refractivity contribution in [1.29, 1.82) is 0 Å². The normalized spacial score (nSPS) is 24.9. The molecule has 2 nitrogen and oxygen atoms in total. The maximum atomic E-state index is 5.89. The molecule has 0 radical (unpaired) electrons. The highest BCUT2D eigenvalue weighted by atomic mass is 16.5. The molecule has 1 aliphatic heterocycles. The third kappa shape index (κ3) is 3.22. The van der Waals surface area contributed by atoms with E-state index in [4.69, 9.17) is 4.74 Å². The topological polar surface area (TPSA) is 21.3 Å². The molecule has 1 N–H and O–H groups in total. The van der Waals surface area contributed by atoms with E-state index in [0.717, 1.165) is 5.75 Å². The van der Waals surface area contributed by atoms with Crippen molar-refractivity contribution in [2.24, 2.45) is 0 Å². The second-order valence-electron chi connectivity index (χ2n) is 5.26. The summed E-state index contributed by atoms with van der Waals surface area (Å²) in [5.74, 6) is 1.04. The van der Waals surface area contributed by atoms with Gasteiger partial charge in [-0.05, 0) is 39.7 Å². The van der Waals surface area contributed by atoms with Gasteiger partial charge in [0.2, 0.25) is 0 Å². The van der Waals surface area contributed by atoms with Crippen LogP contribution < -0.4 is 10.1 Å². The molecule has 17 heavy (non-hydrogen) atoms. The molecule has 0 amide bonds. The van der Waals surface area contributed by atoms with Crippen LogP contribution in [-0.2, 0) is 0 Å². The highest BCUT2D eigenvalue weighted by molar-refractivity contribution is 5.36. The Kier molecular flexibility index (Phi) is 4.06. The summed E-state index contributed by atoms with van der Waals surface area (Å²) >= 11 is 0. The van der Waals surface area contributed by atoms with Gasteiger partial charge in [-0.15, -0.1) is 0 Å². The van der Waals surface area contributed by atoms with Crippen molar-refractivity contribution >= 4 is 0 Å². The van der Waals surface area contributed by atoms with Crippen LogP contribution in [0, 0.1) is 0 Å². The van der Waals surface area contributed by atoms with E-state index in [-0.39, 0.29) is 6.10 Å². The second-order valence-corrected chi connectivity index (χ2v) is 5.26. The van der Waals surface area contributed by atoms with Crippen LogP contribution in [0.15, 0.2) is 24.3 Å². The average molecular weight is 233 g/mol. The first-order valence-electron chi connectivity index (χ1n) is 6.68. The third-order valence-electron chi connectivity index (χ3n) is 3.27. The summed E-state index contributed by atoms with van der Waals surface area (Å²) < 4.78 is 5.89. The van der Waals surface area contributed by atoms with Gasteiger partial charge in [0.15, 0.2) is 0 Å². The van der Waals surface area contributed by atoms with E-state index in [0.29, 0.717) is 12.1 Å². The molecule has 0 aromatic heterocycles. The summed E-state index contributed by atoms with van der Waals surface area (Å²) in [5.41, 5.74) is 1.31. The minimum Gasteiger partial charge on any atom is -0.491 e. The van der Waals surface area contributed by atoms with Crippen molar-refractivity contribution in [1.82, 2.24) is 5.32 Å². The van der Waals surface area contributed by atoms with Crippen LogP contribution in [0.2, 0.25) is 0 Å². The zero-order valence-corrected chi connectivity index (χ0v) is 11.1. The second kappa shape index (κ2) is 5.54. The van der Waals surface area contributed by atoms with Crippen LogP contribution in [0.4, 0.5) is 0 Å². The summed E-state index contributed by atoms with van der Waals surface area (Å²) in [4.78, 5) is 0. The Balaban J connectivity index is 2.18. The standard InChI is InChI=1S/C15H23NO/c1-11(2)17-15-10-5-4-8-13(15)14-9-6-7-12(3)16-14/h4-5,8,10-12,14,16H,6-7,9H2,1-3H3. The monoisotopic (exact) mass is 233 g/mol. The van der Waals surface area contributed by atoms with E-state index in [2.05, 4.69) is 44.3 Å².